The monoisotopic (exact) mass is 476 g/mol. The van der Waals surface area contributed by atoms with Gasteiger partial charge in [-0.1, -0.05) is 17.7 Å². The Morgan fingerprint density at radius 2 is 1.64 bits per heavy atom. The molecule has 1 saturated heterocycles. The topological polar surface area (TPSA) is 76.8 Å². The van der Waals surface area contributed by atoms with E-state index in [1.807, 2.05) is 32.6 Å². The molecule has 0 bridgehead atoms. The van der Waals surface area contributed by atoms with Crippen molar-refractivity contribution in [2.45, 2.75) is 59.2 Å². The maximum atomic E-state index is 13.1. The Morgan fingerprint density at radius 3 is 2.27 bits per heavy atom. The van der Waals surface area contributed by atoms with Crippen LogP contribution in [0.2, 0.25) is 5.02 Å². The predicted molar refractivity (Wildman–Crippen MR) is 131 cm³/mol. The van der Waals surface area contributed by atoms with E-state index in [-0.39, 0.29) is 29.2 Å². The lowest BCUT2D eigenvalue weighted by Crippen LogP contribution is -2.45. The van der Waals surface area contributed by atoms with Gasteiger partial charge in [0.05, 0.1) is 0 Å². The van der Waals surface area contributed by atoms with Crippen molar-refractivity contribution >= 4 is 23.3 Å². The van der Waals surface area contributed by atoms with Gasteiger partial charge in [0.2, 0.25) is 0 Å². The molecule has 0 N–H and O–H groups in total. The highest BCUT2D eigenvalue weighted by Gasteiger charge is 2.27. The van der Waals surface area contributed by atoms with Gasteiger partial charge < -0.3 is 14.5 Å². The SMILES string of the molecule is CC(Oc1cccc(Cl)c1)C(=O)N1CCCN(c2cc(=O)n(C(C)C)c(=O)n2C(C)C)CC1. The lowest BCUT2D eigenvalue weighted by atomic mass is 10.3. The van der Waals surface area contributed by atoms with Crippen molar-refractivity contribution in [2.75, 3.05) is 31.1 Å². The lowest BCUT2D eigenvalue weighted by molar-refractivity contribution is -0.137. The summed E-state index contributed by atoms with van der Waals surface area (Å²) >= 11 is 6.01. The molecule has 1 unspecified atom stereocenters. The highest BCUT2D eigenvalue weighted by molar-refractivity contribution is 6.30. The number of benzene rings is 1. The highest BCUT2D eigenvalue weighted by Crippen LogP contribution is 2.21. The molecule has 33 heavy (non-hydrogen) atoms. The van der Waals surface area contributed by atoms with Gasteiger partial charge in [-0.15, -0.1) is 0 Å². The van der Waals surface area contributed by atoms with Gasteiger partial charge in [0, 0.05) is 49.4 Å². The van der Waals surface area contributed by atoms with Crippen LogP contribution in [0.5, 0.6) is 5.75 Å². The molecular formula is C24H33ClN4O4. The molecule has 180 valence electrons. The fraction of sp³-hybridized carbons (Fsp3) is 0.542. The number of aromatic nitrogens is 2. The van der Waals surface area contributed by atoms with Crippen molar-refractivity contribution in [2.24, 2.45) is 0 Å². The molecule has 0 saturated carbocycles. The molecule has 2 aromatic rings. The fourth-order valence-electron chi connectivity index (χ4n) is 4.18. The molecule has 1 fully saturated rings. The summed E-state index contributed by atoms with van der Waals surface area (Å²) < 4.78 is 8.76. The van der Waals surface area contributed by atoms with Crippen LogP contribution in [-0.2, 0) is 4.79 Å². The minimum Gasteiger partial charge on any atom is -0.481 e. The summed E-state index contributed by atoms with van der Waals surface area (Å²) in [4.78, 5) is 42.6. The molecule has 1 atom stereocenters. The fourth-order valence-corrected chi connectivity index (χ4v) is 4.36. The van der Waals surface area contributed by atoms with E-state index in [4.69, 9.17) is 16.3 Å². The second-order valence-electron chi connectivity index (χ2n) is 8.93. The Balaban J connectivity index is 1.78. The van der Waals surface area contributed by atoms with E-state index in [0.717, 1.165) is 6.42 Å². The average molecular weight is 477 g/mol. The number of halogens is 1. The van der Waals surface area contributed by atoms with Gasteiger partial charge in [-0.25, -0.2) is 4.79 Å². The number of rotatable bonds is 6. The molecular weight excluding hydrogens is 444 g/mol. The number of hydrogen-bond acceptors (Lipinski definition) is 5. The quantitative estimate of drug-likeness (QED) is 0.639. The third-order valence-electron chi connectivity index (χ3n) is 5.77. The standard InChI is InChI=1S/C24H33ClN4O4/c1-16(2)28-21(15-22(30)29(17(3)4)24(28)32)26-10-7-11-27(13-12-26)23(31)18(5)33-20-9-6-8-19(25)14-20/h6,8-9,14-18H,7,10-13H2,1-5H3. The van der Waals surface area contributed by atoms with Gasteiger partial charge in [-0.3, -0.25) is 18.7 Å². The zero-order chi connectivity index (χ0) is 24.3. The number of hydrogen-bond donors (Lipinski definition) is 0. The molecule has 1 aliphatic rings. The molecule has 0 radical (unpaired) electrons. The van der Waals surface area contributed by atoms with Crippen molar-refractivity contribution in [1.29, 1.82) is 0 Å². The Bertz CT molecular complexity index is 1110. The third-order valence-corrected chi connectivity index (χ3v) is 6.01. The first-order chi connectivity index (χ1) is 15.6. The van der Waals surface area contributed by atoms with Crippen LogP contribution in [0, 0.1) is 0 Å². The van der Waals surface area contributed by atoms with Crippen LogP contribution in [0.25, 0.3) is 0 Å². The molecule has 3 rings (SSSR count). The number of ether oxygens (including phenoxy) is 1. The number of carbonyl (C=O) groups excluding carboxylic acids is 1. The maximum absolute atomic E-state index is 13.1. The van der Waals surface area contributed by atoms with Gasteiger partial charge in [0.1, 0.15) is 11.6 Å². The summed E-state index contributed by atoms with van der Waals surface area (Å²) in [5.74, 6) is 1.05. The summed E-state index contributed by atoms with van der Waals surface area (Å²) in [5, 5.41) is 0.549. The Labute approximate surface area is 199 Å². The molecule has 1 aliphatic heterocycles. The number of anilines is 1. The van der Waals surface area contributed by atoms with Crippen LogP contribution in [0.3, 0.4) is 0 Å². The molecule has 0 aliphatic carbocycles. The zero-order valence-corrected chi connectivity index (χ0v) is 20.7. The highest BCUT2D eigenvalue weighted by atomic mass is 35.5. The van der Waals surface area contributed by atoms with Crippen LogP contribution in [0.1, 0.15) is 53.1 Å². The maximum Gasteiger partial charge on any atom is 0.333 e. The first-order valence-corrected chi connectivity index (χ1v) is 11.8. The van der Waals surface area contributed by atoms with Crippen LogP contribution >= 0.6 is 11.6 Å². The third kappa shape index (κ3) is 5.61. The van der Waals surface area contributed by atoms with E-state index in [9.17, 15) is 14.4 Å². The van der Waals surface area contributed by atoms with Crippen molar-refractivity contribution in [3.8, 4) is 5.75 Å². The summed E-state index contributed by atoms with van der Waals surface area (Å²) in [7, 11) is 0. The van der Waals surface area contributed by atoms with E-state index in [0.29, 0.717) is 42.8 Å². The molecule has 1 aromatic heterocycles. The number of nitrogens with zero attached hydrogens (tertiary/aromatic N) is 4. The van der Waals surface area contributed by atoms with Crippen LogP contribution in [0.15, 0.2) is 39.9 Å². The molecule has 0 spiro atoms. The van der Waals surface area contributed by atoms with E-state index in [1.165, 1.54) is 4.57 Å². The van der Waals surface area contributed by atoms with Gasteiger partial charge in [-0.2, -0.15) is 0 Å². The summed E-state index contributed by atoms with van der Waals surface area (Å²) in [6.45, 7) is 11.5. The Morgan fingerprint density at radius 1 is 0.939 bits per heavy atom. The Hall–Kier alpha value is -2.74. The average Bonchev–Trinajstić information content (AvgIpc) is 2.98. The lowest BCUT2D eigenvalue weighted by Gasteiger charge is -2.29. The number of amides is 1. The normalized spacial score (nSPS) is 15.6. The molecule has 8 nitrogen and oxygen atoms in total. The van der Waals surface area contributed by atoms with Crippen molar-refractivity contribution < 1.29 is 9.53 Å². The van der Waals surface area contributed by atoms with Gasteiger partial charge in [0.15, 0.2) is 6.10 Å². The minimum atomic E-state index is -0.654. The summed E-state index contributed by atoms with van der Waals surface area (Å²) in [5.41, 5.74) is -0.606. The largest absolute Gasteiger partial charge is 0.481 e. The van der Waals surface area contributed by atoms with E-state index in [2.05, 4.69) is 0 Å². The molecule has 9 heteroatoms. The van der Waals surface area contributed by atoms with Crippen molar-refractivity contribution in [3.05, 3.63) is 56.2 Å². The van der Waals surface area contributed by atoms with Gasteiger partial charge in [0.25, 0.3) is 11.5 Å². The van der Waals surface area contributed by atoms with Crippen LogP contribution in [-0.4, -0.2) is 52.2 Å². The van der Waals surface area contributed by atoms with Crippen LogP contribution < -0.4 is 20.9 Å². The second-order valence-corrected chi connectivity index (χ2v) is 9.37. The van der Waals surface area contributed by atoms with Crippen molar-refractivity contribution in [3.63, 3.8) is 0 Å². The molecule has 1 amide bonds. The zero-order valence-electron chi connectivity index (χ0n) is 20.0. The van der Waals surface area contributed by atoms with Gasteiger partial charge >= 0.3 is 5.69 Å². The van der Waals surface area contributed by atoms with Gasteiger partial charge in [-0.05, 0) is 59.2 Å². The first-order valence-electron chi connectivity index (χ1n) is 11.4. The smallest absolute Gasteiger partial charge is 0.333 e. The van der Waals surface area contributed by atoms with Crippen LogP contribution in [0.4, 0.5) is 5.82 Å². The number of carbonyl (C=O) groups is 1. The summed E-state index contributed by atoms with van der Waals surface area (Å²) in [6, 6.07) is 8.20. The second kappa shape index (κ2) is 10.5. The molecule has 2 heterocycles. The van der Waals surface area contributed by atoms with Crippen molar-refractivity contribution in [1.82, 2.24) is 14.0 Å². The van der Waals surface area contributed by atoms with E-state index >= 15 is 0 Å². The Kier molecular flexibility index (Phi) is 7.89. The molecule has 1 aromatic carbocycles. The minimum absolute atomic E-state index is 0.103. The predicted octanol–water partition coefficient (Wildman–Crippen LogP) is 3.33. The van der Waals surface area contributed by atoms with E-state index < -0.39 is 6.10 Å². The first kappa shape index (κ1) is 24.9. The van der Waals surface area contributed by atoms with E-state index in [1.54, 1.807) is 46.7 Å². The summed E-state index contributed by atoms with van der Waals surface area (Å²) in [6.07, 6.45) is 0.0636.